The van der Waals surface area contributed by atoms with Gasteiger partial charge in [-0.3, -0.25) is 4.79 Å². The Morgan fingerprint density at radius 3 is 2.33 bits per heavy atom. The van der Waals surface area contributed by atoms with Gasteiger partial charge in [0.05, 0.1) is 7.11 Å². The molecule has 2 aromatic carbocycles. The van der Waals surface area contributed by atoms with Gasteiger partial charge in [0.2, 0.25) is 5.91 Å². The van der Waals surface area contributed by atoms with Crippen molar-refractivity contribution in [2.24, 2.45) is 5.92 Å². The number of aryl methyl sites for hydroxylation is 2. The van der Waals surface area contributed by atoms with Gasteiger partial charge in [-0.1, -0.05) is 30.3 Å². The van der Waals surface area contributed by atoms with Gasteiger partial charge < -0.3 is 9.64 Å². The first kappa shape index (κ1) is 19.2. The predicted octanol–water partition coefficient (Wildman–Crippen LogP) is 4.81. The molecule has 0 aromatic heterocycles. The standard InChI is InChI=1S/C24H29NO2/c1-18-15-22(27-3)16-19(2)23(18)9-10-24(26)25-13-11-21(12-14-25)17-20-7-5-4-6-8-20/h4-10,15-16,21H,11-14,17H2,1-3H3/b10-9+. The molecule has 0 aliphatic carbocycles. The van der Waals surface area contributed by atoms with Crippen LogP contribution in [0.3, 0.4) is 0 Å². The summed E-state index contributed by atoms with van der Waals surface area (Å²) in [7, 11) is 1.68. The van der Waals surface area contributed by atoms with Gasteiger partial charge in [-0.15, -0.1) is 0 Å². The average molecular weight is 364 g/mol. The fourth-order valence-corrected chi connectivity index (χ4v) is 3.88. The quantitative estimate of drug-likeness (QED) is 0.714. The number of piperidine rings is 1. The van der Waals surface area contributed by atoms with E-state index in [1.807, 2.05) is 23.1 Å². The maximum Gasteiger partial charge on any atom is 0.246 e. The van der Waals surface area contributed by atoms with Crippen molar-refractivity contribution in [1.82, 2.24) is 4.90 Å². The zero-order valence-electron chi connectivity index (χ0n) is 16.6. The van der Waals surface area contributed by atoms with Gasteiger partial charge in [0, 0.05) is 19.2 Å². The van der Waals surface area contributed by atoms with Gasteiger partial charge in [-0.05, 0) is 79.5 Å². The summed E-state index contributed by atoms with van der Waals surface area (Å²) in [5.74, 6) is 1.64. The van der Waals surface area contributed by atoms with Crippen LogP contribution < -0.4 is 4.74 Å². The van der Waals surface area contributed by atoms with Crippen LogP contribution in [0.25, 0.3) is 6.08 Å². The lowest BCUT2D eigenvalue weighted by atomic mass is 9.90. The van der Waals surface area contributed by atoms with E-state index in [1.165, 1.54) is 5.56 Å². The van der Waals surface area contributed by atoms with Gasteiger partial charge in [0.15, 0.2) is 0 Å². The van der Waals surface area contributed by atoms with Crippen molar-refractivity contribution in [2.45, 2.75) is 33.1 Å². The molecule has 1 amide bonds. The smallest absolute Gasteiger partial charge is 0.246 e. The Morgan fingerprint density at radius 2 is 1.74 bits per heavy atom. The molecule has 0 spiro atoms. The number of carbonyl (C=O) groups excluding carboxylic acids is 1. The molecule has 142 valence electrons. The van der Waals surface area contributed by atoms with Crippen LogP contribution in [0, 0.1) is 19.8 Å². The summed E-state index contributed by atoms with van der Waals surface area (Å²) in [6, 6.07) is 14.7. The zero-order valence-corrected chi connectivity index (χ0v) is 16.6. The summed E-state index contributed by atoms with van der Waals surface area (Å²) < 4.78 is 5.30. The van der Waals surface area contributed by atoms with Gasteiger partial charge in [0.1, 0.15) is 5.75 Å². The maximum atomic E-state index is 12.6. The van der Waals surface area contributed by atoms with Crippen molar-refractivity contribution in [2.75, 3.05) is 20.2 Å². The Balaban J connectivity index is 1.56. The largest absolute Gasteiger partial charge is 0.497 e. The third-order valence-corrected chi connectivity index (χ3v) is 5.49. The molecule has 3 nitrogen and oxygen atoms in total. The normalized spacial score (nSPS) is 15.3. The summed E-state index contributed by atoms with van der Waals surface area (Å²) >= 11 is 0. The molecular formula is C24H29NO2. The molecule has 0 bridgehead atoms. The second-order valence-corrected chi connectivity index (χ2v) is 7.47. The molecule has 0 atom stereocenters. The van der Waals surface area contributed by atoms with Crippen LogP contribution in [-0.2, 0) is 11.2 Å². The van der Waals surface area contributed by atoms with E-state index < -0.39 is 0 Å². The van der Waals surface area contributed by atoms with Crippen LogP contribution in [0.15, 0.2) is 48.5 Å². The summed E-state index contributed by atoms with van der Waals surface area (Å²) in [6.07, 6.45) is 6.94. The summed E-state index contributed by atoms with van der Waals surface area (Å²) in [4.78, 5) is 14.6. The van der Waals surface area contributed by atoms with Crippen molar-refractivity contribution in [3.8, 4) is 5.75 Å². The monoisotopic (exact) mass is 363 g/mol. The molecular weight excluding hydrogens is 334 g/mol. The highest BCUT2D eigenvalue weighted by atomic mass is 16.5. The fourth-order valence-electron chi connectivity index (χ4n) is 3.88. The molecule has 3 rings (SSSR count). The van der Waals surface area contributed by atoms with Gasteiger partial charge in [-0.2, -0.15) is 0 Å². The fraction of sp³-hybridized carbons (Fsp3) is 0.375. The second kappa shape index (κ2) is 8.90. The first-order valence-corrected chi connectivity index (χ1v) is 9.73. The minimum atomic E-state index is 0.114. The molecule has 1 fully saturated rings. The number of amides is 1. The minimum Gasteiger partial charge on any atom is -0.497 e. The third kappa shape index (κ3) is 5.00. The van der Waals surface area contributed by atoms with E-state index in [0.717, 1.165) is 54.8 Å². The first-order valence-electron chi connectivity index (χ1n) is 9.73. The SMILES string of the molecule is COc1cc(C)c(/C=C/C(=O)N2CCC(Cc3ccccc3)CC2)c(C)c1. The molecule has 3 heteroatoms. The number of hydrogen-bond donors (Lipinski definition) is 0. The molecule has 0 N–H and O–H groups in total. The van der Waals surface area contributed by atoms with E-state index in [-0.39, 0.29) is 5.91 Å². The van der Waals surface area contributed by atoms with Crippen molar-refractivity contribution < 1.29 is 9.53 Å². The molecule has 27 heavy (non-hydrogen) atoms. The number of nitrogens with zero attached hydrogens (tertiary/aromatic N) is 1. The number of hydrogen-bond acceptors (Lipinski definition) is 2. The highest BCUT2D eigenvalue weighted by Gasteiger charge is 2.21. The lowest BCUT2D eigenvalue weighted by Crippen LogP contribution is -2.37. The maximum absolute atomic E-state index is 12.6. The van der Waals surface area contributed by atoms with Crippen LogP contribution in [0.1, 0.15) is 35.1 Å². The van der Waals surface area contributed by atoms with Crippen molar-refractivity contribution in [3.63, 3.8) is 0 Å². The number of benzene rings is 2. The van der Waals surface area contributed by atoms with Crippen LogP contribution in [0.2, 0.25) is 0 Å². The molecule has 1 heterocycles. The van der Waals surface area contributed by atoms with Crippen LogP contribution in [-0.4, -0.2) is 31.0 Å². The highest BCUT2D eigenvalue weighted by Crippen LogP contribution is 2.24. The van der Waals surface area contributed by atoms with Crippen LogP contribution >= 0.6 is 0 Å². The number of rotatable bonds is 5. The van der Waals surface area contributed by atoms with Crippen molar-refractivity contribution >= 4 is 12.0 Å². The minimum absolute atomic E-state index is 0.114. The lowest BCUT2D eigenvalue weighted by molar-refractivity contribution is -0.127. The van der Waals surface area contributed by atoms with E-state index >= 15 is 0 Å². The molecule has 0 saturated carbocycles. The Kier molecular flexibility index (Phi) is 6.33. The average Bonchev–Trinajstić information content (AvgIpc) is 2.68. The second-order valence-electron chi connectivity index (χ2n) is 7.47. The molecule has 1 aliphatic heterocycles. The molecule has 0 unspecified atom stereocenters. The van der Waals surface area contributed by atoms with Crippen LogP contribution in [0.5, 0.6) is 5.75 Å². The zero-order chi connectivity index (χ0) is 19.2. The molecule has 2 aromatic rings. The predicted molar refractivity (Wildman–Crippen MR) is 111 cm³/mol. The Labute approximate surface area is 162 Å². The van der Waals surface area contributed by atoms with Crippen molar-refractivity contribution in [3.05, 3.63) is 70.8 Å². The van der Waals surface area contributed by atoms with E-state index in [4.69, 9.17) is 4.74 Å². The first-order chi connectivity index (χ1) is 13.1. The molecule has 1 saturated heterocycles. The van der Waals surface area contributed by atoms with E-state index in [1.54, 1.807) is 13.2 Å². The number of methoxy groups -OCH3 is 1. The molecule has 0 radical (unpaired) electrons. The van der Waals surface area contributed by atoms with E-state index in [9.17, 15) is 4.79 Å². The van der Waals surface area contributed by atoms with Gasteiger partial charge >= 0.3 is 0 Å². The summed E-state index contributed by atoms with van der Waals surface area (Å²) in [5, 5.41) is 0. The highest BCUT2D eigenvalue weighted by molar-refractivity contribution is 5.92. The Bertz CT molecular complexity index is 779. The number of likely N-dealkylation sites (tertiary alicyclic amines) is 1. The summed E-state index contributed by atoms with van der Waals surface area (Å²) in [5.41, 5.74) is 4.74. The van der Waals surface area contributed by atoms with Gasteiger partial charge in [-0.25, -0.2) is 0 Å². The van der Waals surface area contributed by atoms with E-state index in [2.05, 4.69) is 44.2 Å². The third-order valence-electron chi connectivity index (χ3n) is 5.49. The Morgan fingerprint density at radius 1 is 1.11 bits per heavy atom. The van der Waals surface area contributed by atoms with Crippen LogP contribution in [0.4, 0.5) is 0 Å². The topological polar surface area (TPSA) is 29.5 Å². The number of carbonyl (C=O) groups is 1. The molecule has 1 aliphatic rings. The lowest BCUT2D eigenvalue weighted by Gasteiger charge is -2.31. The summed E-state index contributed by atoms with van der Waals surface area (Å²) in [6.45, 7) is 5.80. The van der Waals surface area contributed by atoms with Crippen molar-refractivity contribution in [1.29, 1.82) is 0 Å². The van der Waals surface area contributed by atoms with E-state index in [0.29, 0.717) is 5.92 Å². The van der Waals surface area contributed by atoms with Gasteiger partial charge in [0.25, 0.3) is 0 Å². The Hall–Kier alpha value is -2.55. The number of ether oxygens (including phenoxy) is 1.